The molecule has 4 heteroatoms. The van der Waals surface area contributed by atoms with Crippen molar-refractivity contribution in [1.82, 2.24) is 0 Å². The minimum atomic E-state index is -1.05. The predicted octanol–water partition coefficient (Wildman–Crippen LogP) is 2.96. The van der Waals surface area contributed by atoms with E-state index in [0.29, 0.717) is 11.3 Å². The second-order valence-corrected chi connectivity index (χ2v) is 6.63. The van der Waals surface area contributed by atoms with Crippen LogP contribution in [-0.4, -0.2) is 28.1 Å². The Bertz CT molecular complexity index is 464. The molecule has 0 N–H and O–H groups in total. The zero-order chi connectivity index (χ0) is 13.7. The van der Waals surface area contributed by atoms with Crippen molar-refractivity contribution in [2.75, 3.05) is 12.9 Å². The molecule has 1 unspecified atom stereocenters. The topological polar surface area (TPSA) is 43.4 Å². The predicted molar refractivity (Wildman–Crippen MR) is 77.2 cm³/mol. The van der Waals surface area contributed by atoms with Crippen LogP contribution in [0.3, 0.4) is 0 Å². The van der Waals surface area contributed by atoms with Gasteiger partial charge in [-0.05, 0) is 25.0 Å². The highest BCUT2D eigenvalue weighted by Crippen LogP contribution is 2.24. The Balaban J connectivity index is 2.02. The van der Waals surface area contributed by atoms with E-state index in [1.165, 1.54) is 6.42 Å². The summed E-state index contributed by atoms with van der Waals surface area (Å²) in [5, 5.41) is 0.201. The van der Waals surface area contributed by atoms with Crippen LogP contribution in [0.5, 0.6) is 5.75 Å². The SMILES string of the molecule is COc1ccccc1C(=O)CS(=O)C1CCCCC1. The highest BCUT2D eigenvalue weighted by atomic mass is 32.2. The van der Waals surface area contributed by atoms with E-state index in [1.54, 1.807) is 25.3 Å². The van der Waals surface area contributed by atoms with Crippen LogP contribution in [-0.2, 0) is 10.8 Å². The summed E-state index contributed by atoms with van der Waals surface area (Å²) >= 11 is 0. The first-order chi connectivity index (χ1) is 9.22. The molecule has 0 spiro atoms. The third kappa shape index (κ3) is 3.66. The van der Waals surface area contributed by atoms with Gasteiger partial charge in [0.25, 0.3) is 0 Å². The molecule has 0 amide bonds. The van der Waals surface area contributed by atoms with Gasteiger partial charge in [-0.2, -0.15) is 0 Å². The van der Waals surface area contributed by atoms with Gasteiger partial charge in [0.1, 0.15) is 5.75 Å². The summed E-state index contributed by atoms with van der Waals surface area (Å²) in [5.74, 6) is 0.597. The monoisotopic (exact) mass is 280 g/mol. The molecule has 19 heavy (non-hydrogen) atoms. The van der Waals surface area contributed by atoms with Crippen LogP contribution in [0, 0.1) is 0 Å². The van der Waals surface area contributed by atoms with E-state index in [2.05, 4.69) is 0 Å². The molecule has 3 nitrogen and oxygen atoms in total. The molecule has 0 aliphatic heterocycles. The average Bonchev–Trinajstić information content (AvgIpc) is 2.48. The summed E-state index contributed by atoms with van der Waals surface area (Å²) < 4.78 is 17.4. The molecule has 1 aromatic rings. The Morgan fingerprint density at radius 1 is 1.26 bits per heavy atom. The average molecular weight is 280 g/mol. The first-order valence-corrected chi connectivity index (χ1v) is 8.14. The lowest BCUT2D eigenvalue weighted by Gasteiger charge is -2.20. The highest BCUT2D eigenvalue weighted by molar-refractivity contribution is 7.86. The molecule has 0 radical (unpaired) electrons. The van der Waals surface area contributed by atoms with E-state index in [4.69, 9.17) is 4.74 Å². The van der Waals surface area contributed by atoms with E-state index < -0.39 is 10.8 Å². The van der Waals surface area contributed by atoms with Crippen molar-refractivity contribution >= 4 is 16.6 Å². The van der Waals surface area contributed by atoms with Crippen LogP contribution >= 0.6 is 0 Å². The molecule has 1 fully saturated rings. The van der Waals surface area contributed by atoms with Gasteiger partial charge in [0.05, 0.1) is 18.4 Å². The third-order valence-electron chi connectivity index (χ3n) is 3.60. The van der Waals surface area contributed by atoms with Crippen molar-refractivity contribution in [3.63, 3.8) is 0 Å². The van der Waals surface area contributed by atoms with E-state index in [-0.39, 0.29) is 16.8 Å². The van der Waals surface area contributed by atoms with Gasteiger partial charge in [0.15, 0.2) is 5.78 Å². The lowest BCUT2D eigenvalue weighted by molar-refractivity contribution is 0.101. The molecule has 1 atom stereocenters. The number of para-hydroxylation sites is 1. The van der Waals surface area contributed by atoms with E-state index in [1.807, 2.05) is 6.07 Å². The molecule has 0 saturated heterocycles. The van der Waals surface area contributed by atoms with E-state index >= 15 is 0 Å². The minimum absolute atomic E-state index is 0.0821. The molecule has 1 aliphatic rings. The Labute approximate surface area is 116 Å². The van der Waals surface area contributed by atoms with E-state index in [9.17, 15) is 9.00 Å². The number of carbonyl (C=O) groups is 1. The van der Waals surface area contributed by atoms with Crippen LogP contribution in [0.4, 0.5) is 0 Å². The molecular formula is C15H20O3S. The van der Waals surface area contributed by atoms with Gasteiger partial charge in [-0.15, -0.1) is 0 Å². The fourth-order valence-electron chi connectivity index (χ4n) is 2.53. The highest BCUT2D eigenvalue weighted by Gasteiger charge is 2.23. The van der Waals surface area contributed by atoms with Crippen LogP contribution in [0.1, 0.15) is 42.5 Å². The van der Waals surface area contributed by atoms with Gasteiger partial charge < -0.3 is 4.74 Å². The fraction of sp³-hybridized carbons (Fsp3) is 0.533. The maximum Gasteiger partial charge on any atom is 0.179 e. The summed E-state index contributed by atoms with van der Waals surface area (Å²) in [4.78, 5) is 12.2. The molecule has 1 saturated carbocycles. The van der Waals surface area contributed by atoms with Crippen LogP contribution in [0.25, 0.3) is 0 Å². The number of methoxy groups -OCH3 is 1. The van der Waals surface area contributed by atoms with Gasteiger partial charge in [-0.25, -0.2) is 0 Å². The van der Waals surface area contributed by atoms with Crippen molar-refractivity contribution in [2.24, 2.45) is 0 Å². The lowest BCUT2D eigenvalue weighted by atomic mass is 10.0. The molecule has 1 aromatic carbocycles. The van der Waals surface area contributed by atoms with Crippen LogP contribution in [0.2, 0.25) is 0 Å². The quantitative estimate of drug-likeness (QED) is 0.779. The molecule has 2 rings (SSSR count). The minimum Gasteiger partial charge on any atom is -0.496 e. The largest absolute Gasteiger partial charge is 0.496 e. The molecule has 1 aliphatic carbocycles. The standard InChI is InChI=1S/C15H20O3S/c1-18-15-10-6-5-9-13(15)14(16)11-19(17)12-7-3-2-4-8-12/h5-6,9-10,12H,2-4,7-8,11H2,1H3. The second kappa shape index (κ2) is 6.85. The zero-order valence-corrected chi connectivity index (χ0v) is 12.1. The van der Waals surface area contributed by atoms with Crippen molar-refractivity contribution in [1.29, 1.82) is 0 Å². The van der Waals surface area contributed by atoms with Crippen molar-refractivity contribution in [3.8, 4) is 5.75 Å². The Kier molecular flexibility index (Phi) is 5.14. The first kappa shape index (κ1) is 14.3. The Hall–Kier alpha value is -1.16. The lowest BCUT2D eigenvalue weighted by Crippen LogP contribution is -2.24. The van der Waals surface area contributed by atoms with Gasteiger partial charge in [-0.1, -0.05) is 31.4 Å². The molecule has 0 aromatic heterocycles. The maximum absolute atomic E-state index is 12.2. The van der Waals surface area contributed by atoms with Gasteiger partial charge in [0.2, 0.25) is 0 Å². The second-order valence-electron chi connectivity index (χ2n) is 4.91. The number of benzene rings is 1. The van der Waals surface area contributed by atoms with E-state index in [0.717, 1.165) is 25.7 Å². The summed E-state index contributed by atoms with van der Waals surface area (Å²) in [6.07, 6.45) is 5.49. The summed E-state index contributed by atoms with van der Waals surface area (Å²) in [6, 6.07) is 7.13. The first-order valence-electron chi connectivity index (χ1n) is 6.75. The number of ether oxygens (including phenoxy) is 1. The zero-order valence-electron chi connectivity index (χ0n) is 11.3. The van der Waals surface area contributed by atoms with Gasteiger partial charge in [0, 0.05) is 16.0 Å². The number of ketones is 1. The van der Waals surface area contributed by atoms with Crippen LogP contribution in [0.15, 0.2) is 24.3 Å². The summed E-state index contributed by atoms with van der Waals surface area (Å²) in [7, 11) is 0.493. The normalized spacial score (nSPS) is 17.9. The van der Waals surface area contributed by atoms with Crippen molar-refractivity contribution in [2.45, 2.75) is 37.4 Å². The van der Waals surface area contributed by atoms with Crippen molar-refractivity contribution < 1.29 is 13.7 Å². The summed E-state index contributed by atoms with van der Waals surface area (Å²) in [6.45, 7) is 0. The Morgan fingerprint density at radius 2 is 1.95 bits per heavy atom. The number of hydrogen-bond donors (Lipinski definition) is 0. The van der Waals surface area contributed by atoms with Crippen molar-refractivity contribution in [3.05, 3.63) is 29.8 Å². The summed E-state index contributed by atoms with van der Waals surface area (Å²) in [5.41, 5.74) is 0.536. The van der Waals surface area contributed by atoms with Gasteiger partial charge >= 0.3 is 0 Å². The number of carbonyl (C=O) groups excluding carboxylic acids is 1. The third-order valence-corrected chi connectivity index (χ3v) is 5.37. The molecule has 104 valence electrons. The maximum atomic E-state index is 12.2. The number of hydrogen-bond acceptors (Lipinski definition) is 3. The number of rotatable bonds is 5. The molecule has 0 bridgehead atoms. The Morgan fingerprint density at radius 3 is 2.63 bits per heavy atom. The molecular weight excluding hydrogens is 260 g/mol. The van der Waals surface area contributed by atoms with Gasteiger partial charge in [-0.3, -0.25) is 9.00 Å². The smallest absolute Gasteiger partial charge is 0.179 e. The molecule has 0 heterocycles. The number of Topliss-reactive ketones (excluding diaryl/α,β-unsaturated/α-hetero) is 1. The fourth-order valence-corrected chi connectivity index (χ4v) is 4.04. The van der Waals surface area contributed by atoms with Crippen LogP contribution < -0.4 is 4.74 Å².